The molecule has 0 spiro atoms. The molecule has 5 heteroatoms. The van der Waals surface area contributed by atoms with E-state index >= 15 is 0 Å². The fourth-order valence-corrected chi connectivity index (χ4v) is 2.90. The van der Waals surface area contributed by atoms with E-state index in [1.807, 2.05) is 51.1 Å². The maximum absolute atomic E-state index is 12.2. The quantitative estimate of drug-likeness (QED) is 0.762. The Kier molecular flexibility index (Phi) is 4.57. The van der Waals surface area contributed by atoms with Crippen molar-refractivity contribution in [1.29, 1.82) is 0 Å². The summed E-state index contributed by atoms with van der Waals surface area (Å²) in [5, 5.41) is 6.29. The maximum atomic E-state index is 12.2. The number of amides is 2. The largest absolute Gasteiger partial charge is 0.451 e. The van der Waals surface area contributed by atoms with Crippen LogP contribution in [0, 0.1) is 20.8 Å². The maximum Gasteiger partial charge on any atom is 0.287 e. The Morgan fingerprint density at radius 3 is 2.36 bits per heavy atom. The molecule has 0 saturated heterocycles. The highest BCUT2D eigenvalue weighted by molar-refractivity contribution is 6.00. The monoisotopic (exact) mass is 336 g/mol. The number of nitrogens with one attached hydrogen (secondary N) is 2. The predicted octanol–water partition coefficient (Wildman–Crippen LogP) is 3.73. The molecular weight excluding hydrogens is 316 g/mol. The molecule has 5 nitrogen and oxygen atoms in total. The molecule has 0 unspecified atom stereocenters. The minimum absolute atomic E-state index is 0.122. The lowest BCUT2D eigenvalue weighted by Gasteiger charge is -2.13. The normalized spacial score (nSPS) is 10.7. The molecule has 2 aromatic carbocycles. The van der Waals surface area contributed by atoms with E-state index in [4.69, 9.17) is 4.42 Å². The van der Waals surface area contributed by atoms with E-state index in [1.165, 1.54) is 0 Å². The Morgan fingerprint density at radius 1 is 1.00 bits per heavy atom. The summed E-state index contributed by atoms with van der Waals surface area (Å²) < 4.78 is 5.49. The van der Waals surface area contributed by atoms with Crippen LogP contribution in [0.1, 0.15) is 27.2 Å². The van der Waals surface area contributed by atoms with E-state index in [2.05, 4.69) is 10.6 Å². The number of para-hydroxylation sites is 1. The van der Waals surface area contributed by atoms with E-state index < -0.39 is 5.91 Å². The third-order valence-electron chi connectivity index (χ3n) is 4.00. The minimum Gasteiger partial charge on any atom is -0.451 e. The zero-order chi connectivity index (χ0) is 18.0. The molecular formula is C20H20N2O3. The van der Waals surface area contributed by atoms with Gasteiger partial charge in [0.15, 0.2) is 5.76 Å². The molecule has 0 aliphatic carbocycles. The third-order valence-corrected chi connectivity index (χ3v) is 4.00. The lowest BCUT2D eigenvalue weighted by molar-refractivity contribution is -0.115. The van der Waals surface area contributed by atoms with Crippen molar-refractivity contribution >= 4 is 28.5 Å². The zero-order valence-corrected chi connectivity index (χ0v) is 14.5. The van der Waals surface area contributed by atoms with E-state index in [1.54, 1.807) is 12.1 Å². The minimum atomic E-state index is -0.413. The Morgan fingerprint density at radius 2 is 1.68 bits per heavy atom. The average Bonchev–Trinajstić information content (AvgIpc) is 3.00. The molecule has 0 aliphatic rings. The summed E-state index contributed by atoms with van der Waals surface area (Å²) in [5.41, 5.74) is 4.56. The second kappa shape index (κ2) is 6.81. The molecule has 0 fully saturated rings. The van der Waals surface area contributed by atoms with Gasteiger partial charge in [-0.3, -0.25) is 9.59 Å². The number of aryl methyl sites for hydroxylation is 3. The van der Waals surface area contributed by atoms with E-state index in [0.29, 0.717) is 5.58 Å². The van der Waals surface area contributed by atoms with Gasteiger partial charge in [-0.05, 0) is 44.0 Å². The summed E-state index contributed by atoms with van der Waals surface area (Å²) >= 11 is 0. The number of fused-ring (bicyclic) bond motifs is 1. The first-order valence-corrected chi connectivity index (χ1v) is 8.08. The number of hydrogen-bond acceptors (Lipinski definition) is 3. The molecule has 0 atom stereocenters. The summed E-state index contributed by atoms with van der Waals surface area (Å²) in [7, 11) is 0. The smallest absolute Gasteiger partial charge is 0.287 e. The van der Waals surface area contributed by atoms with Crippen LogP contribution >= 0.6 is 0 Å². The molecule has 0 saturated carbocycles. The summed E-state index contributed by atoms with van der Waals surface area (Å²) in [4.78, 5) is 24.3. The average molecular weight is 336 g/mol. The van der Waals surface area contributed by atoms with Gasteiger partial charge in [-0.25, -0.2) is 0 Å². The first kappa shape index (κ1) is 16.8. The molecule has 1 heterocycles. The lowest BCUT2D eigenvalue weighted by atomic mass is 10.1. The number of benzene rings is 2. The molecule has 25 heavy (non-hydrogen) atoms. The number of carbonyl (C=O) groups is 2. The number of hydrogen-bond donors (Lipinski definition) is 2. The fraction of sp³-hybridized carbons (Fsp3) is 0.200. The Balaban J connectivity index is 1.63. The third kappa shape index (κ3) is 3.71. The highest BCUT2D eigenvalue weighted by Crippen LogP contribution is 2.22. The van der Waals surface area contributed by atoms with Crippen LogP contribution in [0.2, 0.25) is 0 Å². The van der Waals surface area contributed by atoms with Gasteiger partial charge in [0.1, 0.15) is 5.58 Å². The summed E-state index contributed by atoms with van der Waals surface area (Å²) in [5.74, 6) is -0.500. The molecule has 1 aromatic heterocycles. The lowest BCUT2D eigenvalue weighted by Crippen LogP contribution is -2.33. The van der Waals surface area contributed by atoms with Gasteiger partial charge in [0.05, 0.1) is 6.54 Å². The van der Waals surface area contributed by atoms with E-state index in [0.717, 1.165) is 27.8 Å². The van der Waals surface area contributed by atoms with Crippen LogP contribution in [-0.2, 0) is 4.79 Å². The molecule has 2 amide bonds. The Labute approximate surface area is 146 Å². The number of anilines is 1. The summed E-state index contributed by atoms with van der Waals surface area (Å²) in [6, 6.07) is 13.1. The van der Waals surface area contributed by atoms with Gasteiger partial charge in [-0.2, -0.15) is 0 Å². The van der Waals surface area contributed by atoms with Crippen LogP contribution < -0.4 is 10.6 Å². The van der Waals surface area contributed by atoms with Crippen LogP contribution in [0.5, 0.6) is 0 Å². The van der Waals surface area contributed by atoms with Crippen molar-refractivity contribution in [3.05, 3.63) is 64.9 Å². The highest BCUT2D eigenvalue weighted by atomic mass is 16.3. The van der Waals surface area contributed by atoms with Gasteiger partial charge in [0.25, 0.3) is 5.91 Å². The first-order valence-electron chi connectivity index (χ1n) is 8.08. The van der Waals surface area contributed by atoms with Crippen LogP contribution in [0.3, 0.4) is 0 Å². The van der Waals surface area contributed by atoms with Crippen molar-refractivity contribution in [2.45, 2.75) is 20.8 Å². The van der Waals surface area contributed by atoms with Crippen LogP contribution in [0.15, 0.2) is 46.9 Å². The molecule has 2 N–H and O–H groups in total. The van der Waals surface area contributed by atoms with E-state index in [9.17, 15) is 9.59 Å². The molecule has 0 bridgehead atoms. The van der Waals surface area contributed by atoms with Gasteiger partial charge in [0, 0.05) is 11.1 Å². The van der Waals surface area contributed by atoms with Crippen molar-refractivity contribution in [2.75, 3.05) is 11.9 Å². The van der Waals surface area contributed by atoms with Crippen molar-refractivity contribution in [3.8, 4) is 0 Å². The van der Waals surface area contributed by atoms with Gasteiger partial charge in [0.2, 0.25) is 5.91 Å². The van der Waals surface area contributed by atoms with E-state index in [-0.39, 0.29) is 18.2 Å². The van der Waals surface area contributed by atoms with Crippen LogP contribution in [0.25, 0.3) is 11.0 Å². The number of carbonyl (C=O) groups excluding carboxylic acids is 2. The standard InChI is InChI=1S/C20H20N2O3/c1-12-8-13(2)19(14(3)9-12)22-18(23)11-21-20(24)17-10-15-6-4-5-7-16(15)25-17/h4-10H,11H2,1-3H3,(H,21,24)(H,22,23). The predicted molar refractivity (Wildman–Crippen MR) is 97.8 cm³/mol. The topological polar surface area (TPSA) is 71.3 Å². The van der Waals surface area contributed by atoms with Crippen LogP contribution in [-0.4, -0.2) is 18.4 Å². The molecule has 0 aliphatic heterocycles. The van der Waals surface area contributed by atoms with Crippen molar-refractivity contribution in [3.63, 3.8) is 0 Å². The zero-order valence-electron chi connectivity index (χ0n) is 14.5. The summed E-state index contributed by atoms with van der Waals surface area (Å²) in [6.45, 7) is 5.78. The summed E-state index contributed by atoms with van der Waals surface area (Å²) in [6.07, 6.45) is 0. The number of furan rings is 1. The van der Waals surface area contributed by atoms with Gasteiger partial charge < -0.3 is 15.1 Å². The highest BCUT2D eigenvalue weighted by Gasteiger charge is 2.14. The molecule has 0 radical (unpaired) electrons. The van der Waals surface area contributed by atoms with Crippen molar-refractivity contribution in [2.24, 2.45) is 0 Å². The second-order valence-electron chi connectivity index (χ2n) is 6.15. The first-order chi connectivity index (χ1) is 11.9. The number of rotatable bonds is 4. The van der Waals surface area contributed by atoms with Crippen molar-refractivity contribution < 1.29 is 14.0 Å². The Hall–Kier alpha value is -3.08. The van der Waals surface area contributed by atoms with Crippen molar-refractivity contribution in [1.82, 2.24) is 5.32 Å². The van der Waals surface area contributed by atoms with Crippen LogP contribution in [0.4, 0.5) is 5.69 Å². The molecule has 3 rings (SSSR count). The SMILES string of the molecule is Cc1cc(C)c(NC(=O)CNC(=O)c2cc3ccccc3o2)c(C)c1. The molecule has 128 valence electrons. The Bertz CT molecular complexity index is 900. The van der Waals surface area contributed by atoms with Gasteiger partial charge in [-0.1, -0.05) is 35.9 Å². The fourth-order valence-electron chi connectivity index (χ4n) is 2.90. The molecule has 3 aromatic rings. The van der Waals surface area contributed by atoms with Gasteiger partial charge in [-0.15, -0.1) is 0 Å². The van der Waals surface area contributed by atoms with Gasteiger partial charge >= 0.3 is 0 Å². The second-order valence-corrected chi connectivity index (χ2v) is 6.15.